The number of fused-ring (bicyclic) bond motifs is 1. The first kappa shape index (κ1) is 6.02. The zero-order chi connectivity index (χ0) is 7.84. The van der Waals surface area contributed by atoms with Crippen molar-refractivity contribution in [2.24, 2.45) is 7.05 Å². The van der Waals surface area contributed by atoms with Crippen LogP contribution >= 0.6 is 0 Å². The molecule has 0 N–H and O–H groups in total. The molecule has 0 fully saturated rings. The maximum Gasteiger partial charge on any atom is 0.184 e. The maximum absolute atomic E-state index is 10.9. The van der Waals surface area contributed by atoms with Crippen LogP contribution in [0.2, 0.25) is 0 Å². The predicted molar refractivity (Wildman–Crippen MR) is 33.5 cm³/mol. The molecule has 0 bridgehead atoms. The highest BCUT2D eigenvalue weighted by atomic mass is 16.3. The van der Waals surface area contributed by atoms with Gasteiger partial charge in [-0.3, -0.25) is 0 Å². The highest BCUT2D eigenvalue weighted by Crippen LogP contribution is 2.12. The fourth-order valence-electron chi connectivity index (χ4n) is 0.845. The summed E-state index contributed by atoms with van der Waals surface area (Å²) in [5.41, 5.74) is 0.729. The maximum atomic E-state index is 10.9. The van der Waals surface area contributed by atoms with Gasteiger partial charge in [-0.1, -0.05) is 0 Å². The van der Waals surface area contributed by atoms with E-state index in [0.717, 1.165) is 0 Å². The summed E-state index contributed by atoms with van der Waals surface area (Å²) >= 11 is 0. The first-order valence-electron chi connectivity index (χ1n) is 2.96. The van der Waals surface area contributed by atoms with E-state index in [0.29, 0.717) is 5.65 Å². The molecular weight excluding hydrogens is 146 g/mol. The molecule has 56 valence electrons. The molecule has 2 rings (SSSR count). The lowest BCUT2D eigenvalue weighted by Crippen LogP contribution is -2.00. The van der Waals surface area contributed by atoms with E-state index in [9.17, 15) is 5.11 Å². The van der Waals surface area contributed by atoms with Crippen molar-refractivity contribution in [2.75, 3.05) is 0 Å². The molecule has 0 atom stereocenters. The summed E-state index contributed by atoms with van der Waals surface area (Å²) < 4.78 is 1.62. The number of hydrogen-bond acceptors (Lipinski definition) is 5. The third-order valence-corrected chi connectivity index (χ3v) is 1.38. The van der Waals surface area contributed by atoms with E-state index in [1.165, 1.54) is 6.33 Å². The van der Waals surface area contributed by atoms with Crippen LogP contribution in [0.3, 0.4) is 0 Å². The van der Waals surface area contributed by atoms with Gasteiger partial charge in [-0.25, -0.2) is 4.98 Å². The van der Waals surface area contributed by atoms with E-state index in [2.05, 4.69) is 20.4 Å². The van der Waals surface area contributed by atoms with E-state index < -0.39 is 5.88 Å². The lowest BCUT2D eigenvalue weighted by atomic mass is 10.5. The highest BCUT2D eigenvalue weighted by Gasteiger charge is 2.00. The standard InChI is InChI=1S/C5H5N5O/c1-10-2-6-3-4(10)7-9-8-5(3)11/h2H,1H3,(H,7,8,11)/p-1. The Labute approximate surface area is 61.5 Å². The molecule has 0 unspecified atom stereocenters. The van der Waals surface area contributed by atoms with Crippen LogP contribution in [-0.2, 0) is 7.05 Å². The number of imidazole rings is 1. The van der Waals surface area contributed by atoms with E-state index in [4.69, 9.17) is 0 Å². The molecular formula is C5H4N5O-. The summed E-state index contributed by atoms with van der Waals surface area (Å²) in [6, 6.07) is 0. The van der Waals surface area contributed by atoms with Crippen molar-refractivity contribution in [1.29, 1.82) is 0 Å². The molecule has 2 heterocycles. The van der Waals surface area contributed by atoms with Crippen LogP contribution in [0.5, 0.6) is 5.88 Å². The molecule has 6 heteroatoms. The molecule has 0 aliphatic carbocycles. The van der Waals surface area contributed by atoms with Crippen molar-refractivity contribution in [1.82, 2.24) is 25.0 Å². The number of rotatable bonds is 0. The smallest absolute Gasteiger partial charge is 0.184 e. The molecule has 0 aliphatic heterocycles. The van der Waals surface area contributed by atoms with Crippen LogP contribution in [0, 0.1) is 0 Å². The number of aryl methyl sites for hydroxylation is 1. The zero-order valence-electron chi connectivity index (χ0n) is 5.72. The third kappa shape index (κ3) is 0.721. The Hall–Kier alpha value is -1.72. The van der Waals surface area contributed by atoms with Gasteiger partial charge in [-0.2, -0.15) is 0 Å². The van der Waals surface area contributed by atoms with Crippen LogP contribution in [-0.4, -0.2) is 25.0 Å². The zero-order valence-corrected chi connectivity index (χ0v) is 5.72. The highest BCUT2D eigenvalue weighted by molar-refractivity contribution is 5.74. The minimum absolute atomic E-state index is 0.266. The summed E-state index contributed by atoms with van der Waals surface area (Å²) in [6.45, 7) is 0. The topological polar surface area (TPSA) is 79.5 Å². The van der Waals surface area contributed by atoms with Crippen molar-refractivity contribution in [3.63, 3.8) is 0 Å². The molecule has 2 aromatic rings. The minimum Gasteiger partial charge on any atom is -0.856 e. The molecule has 0 spiro atoms. The predicted octanol–water partition coefficient (Wildman–Crippen LogP) is -1.17. The monoisotopic (exact) mass is 150 g/mol. The van der Waals surface area contributed by atoms with Gasteiger partial charge in [0.05, 0.1) is 6.33 Å². The summed E-state index contributed by atoms with van der Waals surface area (Å²) in [7, 11) is 1.74. The SMILES string of the molecule is Cn1cnc2c([O-])nnnc21. The van der Waals surface area contributed by atoms with Crippen LogP contribution in [0.1, 0.15) is 0 Å². The first-order chi connectivity index (χ1) is 5.29. The number of hydrogen-bond donors (Lipinski definition) is 0. The largest absolute Gasteiger partial charge is 0.856 e. The number of aromatic nitrogens is 5. The van der Waals surface area contributed by atoms with Crippen molar-refractivity contribution >= 4 is 11.2 Å². The summed E-state index contributed by atoms with van der Waals surface area (Å²) in [5, 5.41) is 21.0. The molecule has 11 heavy (non-hydrogen) atoms. The third-order valence-electron chi connectivity index (χ3n) is 1.38. The van der Waals surface area contributed by atoms with Gasteiger partial charge in [0.1, 0.15) is 5.52 Å². The van der Waals surface area contributed by atoms with Crippen LogP contribution in [0.15, 0.2) is 6.33 Å². The second-order valence-electron chi connectivity index (χ2n) is 2.12. The molecule has 0 aromatic carbocycles. The Morgan fingerprint density at radius 1 is 1.45 bits per heavy atom. The van der Waals surface area contributed by atoms with Crippen molar-refractivity contribution in [3.05, 3.63) is 6.33 Å². The Morgan fingerprint density at radius 2 is 2.27 bits per heavy atom. The van der Waals surface area contributed by atoms with Gasteiger partial charge < -0.3 is 9.67 Å². The molecule has 0 saturated carbocycles. The molecule has 0 saturated heterocycles. The van der Waals surface area contributed by atoms with Crippen LogP contribution in [0.4, 0.5) is 0 Å². The van der Waals surface area contributed by atoms with E-state index in [1.807, 2.05) is 0 Å². The molecule has 6 nitrogen and oxygen atoms in total. The van der Waals surface area contributed by atoms with E-state index in [1.54, 1.807) is 11.6 Å². The van der Waals surface area contributed by atoms with Crippen molar-refractivity contribution in [3.8, 4) is 5.88 Å². The van der Waals surface area contributed by atoms with Gasteiger partial charge in [0, 0.05) is 12.9 Å². The lowest BCUT2D eigenvalue weighted by Gasteiger charge is -1.99. The van der Waals surface area contributed by atoms with Gasteiger partial charge in [0.2, 0.25) is 0 Å². The van der Waals surface area contributed by atoms with Gasteiger partial charge in [0.25, 0.3) is 0 Å². The summed E-state index contributed by atoms with van der Waals surface area (Å²) in [6.07, 6.45) is 1.50. The van der Waals surface area contributed by atoms with Gasteiger partial charge >= 0.3 is 0 Å². The molecule has 0 aliphatic rings. The average Bonchev–Trinajstić information content (AvgIpc) is 2.35. The summed E-state index contributed by atoms with van der Waals surface area (Å²) in [5.74, 6) is -0.435. The van der Waals surface area contributed by atoms with E-state index >= 15 is 0 Å². The van der Waals surface area contributed by atoms with Gasteiger partial charge in [0.15, 0.2) is 5.65 Å². The quantitative estimate of drug-likeness (QED) is 0.472. The normalized spacial score (nSPS) is 10.6. The number of nitrogens with zero attached hydrogens (tertiary/aromatic N) is 5. The second-order valence-corrected chi connectivity index (χ2v) is 2.12. The van der Waals surface area contributed by atoms with Gasteiger partial charge in [-0.05, 0) is 5.21 Å². The van der Waals surface area contributed by atoms with Crippen LogP contribution < -0.4 is 5.11 Å². The first-order valence-corrected chi connectivity index (χ1v) is 2.96. The fraction of sp³-hybridized carbons (Fsp3) is 0.200. The van der Waals surface area contributed by atoms with Gasteiger partial charge in [-0.15, -0.1) is 10.2 Å². The molecule has 0 radical (unpaired) electrons. The Kier molecular flexibility index (Phi) is 1.03. The minimum atomic E-state index is -0.435. The van der Waals surface area contributed by atoms with Crippen molar-refractivity contribution in [2.45, 2.75) is 0 Å². The summed E-state index contributed by atoms with van der Waals surface area (Å²) in [4.78, 5) is 3.80. The fourth-order valence-corrected chi connectivity index (χ4v) is 0.845. The lowest BCUT2D eigenvalue weighted by molar-refractivity contribution is -0.273. The average molecular weight is 150 g/mol. The van der Waals surface area contributed by atoms with Crippen molar-refractivity contribution < 1.29 is 5.11 Å². The molecule has 2 aromatic heterocycles. The second kappa shape index (κ2) is 1.88. The van der Waals surface area contributed by atoms with Crippen LogP contribution in [0.25, 0.3) is 11.2 Å². The Bertz CT molecular complexity index is 395. The Morgan fingerprint density at radius 3 is 3.00 bits per heavy atom. The Balaban J connectivity index is 2.94. The molecule has 0 amide bonds. The van der Waals surface area contributed by atoms with E-state index in [-0.39, 0.29) is 5.52 Å².